The Morgan fingerprint density at radius 1 is 1.35 bits per heavy atom. The summed E-state index contributed by atoms with van der Waals surface area (Å²) >= 11 is 6.54. The maximum Gasteiger partial charge on any atom is 0.145 e. The molecular weight excluding hydrogens is 328 g/mol. The number of hydrogen-bond donors (Lipinski definition) is 1. The van der Waals surface area contributed by atoms with Crippen LogP contribution >= 0.6 is 39.5 Å². The Bertz CT molecular complexity index is 411. The van der Waals surface area contributed by atoms with Gasteiger partial charge < -0.3 is 5.73 Å². The van der Waals surface area contributed by atoms with Gasteiger partial charge in [-0.15, -0.1) is 0 Å². The molecule has 2 rings (SSSR count). The third-order valence-corrected chi connectivity index (χ3v) is 6.15. The predicted octanol–water partition coefficient (Wildman–Crippen LogP) is 3.58. The molecule has 1 fully saturated rings. The lowest BCUT2D eigenvalue weighted by Crippen LogP contribution is -2.30. The molecule has 1 aliphatic heterocycles. The molecule has 0 saturated carbocycles. The van der Waals surface area contributed by atoms with Crippen LogP contribution in [0.2, 0.25) is 0 Å². The Morgan fingerprint density at radius 3 is 2.76 bits per heavy atom. The molecule has 0 radical (unpaired) electrons. The molecule has 1 nitrogen and oxygen atoms in total. The predicted molar refractivity (Wildman–Crippen MR) is 74.6 cm³/mol. The van der Waals surface area contributed by atoms with E-state index in [2.05, 4.69) is 15.9 Å². The van der Waals surface area contributed by atoms with Gasteiger partial charge in [-0.3, -0.25) is 0 Å². The van der Waals surface area contributed by atoms with Crippen LogP contribution in [0.5, 0.6) is 0 Å². The van der Waals surface area contributed by atoms with E-state index in [1.807, 2.05) is 0 Å². The van der Waals surface area contributed by atoms with Gasteiger partial charge in [-0.25, -0.2) is 8.78 Å². The van der Waals surface area contributed by atoms with Gasteiger partial charge >= 0.3 is 0 Å². The highest BCUT2D eigenvalue weighted by atomic mass is 79.9. The molecule has 0 aromatic heterocycles. The third-order valence-electron chi connectivity index (χ3n) is 2.66. The van der Waals surface area contributed by atoms with Crippen molar-refractivity contribution in [1.29, 1.82) is 0 Å². The van der Waals surface area contributed by atoms with Gasteiger partial charge in [-0.2, -0.15) is 23.5 Å². The van der Waals surface area contributed by atoms with Gasteiger partial charge in [0, 0.05) is 34.1 Å². The molecule has 6 heteroatoms. The van der Waals surface area contributed by atoms with Crippen molar-refractivity contribution < 1.29 is 8.78 Å². The van der Waals surface area contributed by atoms with Crippen LogP contribution in [0.3, 0.4) is 0 Å². The van der Waals surface area contributed by atoms with E-state index in [0.29, 0.717) is 0 Å². The minimum Gasteiger partial charge on any atom is -0.323 e. The van der Waals surface area contributed by atoms with Crippen molar-refractivity contribution in [3.8, 4) is 0 Å². The zero-order valence-electron chi connectivity index (χ0n) is 8.96. The van der Waals surface area contributed by atoms with Gasteiger partial charge in [-0.1, -0.05) is 0 Å². The molecule has 1 saturated heterocycles. The molecule has 1 aliphatic rings. The SMILES string of the molecule is NC(c1c(F)ccc(Br)c1F)C1CSCCS1. The smallest absolute Gasteiger partial charge is 0.145 e. The number of benzene rings is 1. The highest BCUT2D eigenvalue weighted by Gasteiger charge is 2.28. The van der Waals surface area contributed by atoms with Gasteiger partial charge in [0.05, 0.1) is 4.47 Å². The van der Waals surface area contributed by atoms with Crippen molar-refractivity contribution in [2.24, 2.45) is 5.73 Å². The second kappa shape index (κ2) is 5.91. The van der Waals surface area contributed by atoms with Gasteiger partial charge in [0.15, 0.2) is 0 Å². The summed E-state index contributed by atoms with van der Waals surface area (Å²) in [6, 6.07) is 2.03. The van der Waals surface area contributed by atoms with Gasteiger partial charge in [0.2, 0.25) is 0 Å². The molecule has 2 N–H and O–H groups in total. The van der Waals surface area contributed by atoms with Gasteiger partial charge in [0.25, 0.3) is 0 Å². The molecule has 1 aromatic carbocycles. The third kappa shape index (κ3) is 2.97. The summed E-state index contributed by atoms with van der Waals surface area (Å²) in [6.45, 7) is 0. The van der Waals surface area contributed by atoms with Crippen molar-refractivity contribution in [3.63, 3.8) is 0 Å². The van der Waals surface area contributed by atoms with E-state index >= 15 is 0 Å². The lowest BCUT2D eigenvalue weighted by atomic mass is 10.0. The summed E-state index contributed by atoms with van der Waals surface area (Å²) in [4.78, 5) is 0. The Kier molecular flexibility index (Phi) is 4.74. The standard InChI is InChI=1S/C11H12BrF2NS2/c12-6-1-2-7(13)9(10(6)14)11(15)8-5-16-3-4-17-8/h1-2,8,11H,3-5,15H2. The summed E-state index contributed by atoms with van der Waals surface area (Å²) in [5.41, 5.74) is 6.00. The Labute approximate surface area is 116 Å². The van der Waals surface area contributed by atoms with Crippen molar-refractivity contribution in [2.45, 2.75) is 11.3 Å². The van der Waals surface area contributed by atoms with Crippen molar-refractivity contribution >= 4 is 39.5 Å². The Morgan fingerprint density at radius 2 is 2.12 bits per heavy atom. The van der Waals surface area contributed by atoms with Crippen molar-refractivity contribution in [1.82, 2.24) is 0 Å². The second-order valence-electron chi connectivity index (χ2n) is 3.77. The fraction of sp³-hybridized carbons (Fsp3) is 0.455. The topological polar surface area (TPSA) is 26.0 Å². The van der Waals surface area contributed by atoms with E-state index in [1.165, 1.54) is 12.1 Å². The lowest BCUT2D eigenvalue weighted by Gasteiger charge is -2.27. The van der Waals surface area contributed by atoms with Crippen LogP contribution in [0.15, 0.2) is 16.6 Å². The highest BCUT2D eigenvalue weighted by molar-refractivity contribution is 9.10. The molecule has 0 amide bonds. The Hall–Kier alpha value is 0.220. The largest absolute Gasteiger partial charge is 0.323 e. The minimum atomic E-state index is -0.592. The van der Waals surface area contributed by atoms with Crippen LogP contribution in [0.25, 0.3) is 0 Å². The maximum atomic E-state index is 13.9. The molecule has 1 aromatic rings. The molecule has 1 heterocycles. The zero-order valence-corrected chi connectivity index (χ0v) is 12.2. The van der Waals surface area contributed by atoms with E-state index in [-0.39, 0.29) is 15.3 Å². The first-order valence-electron chi connectivity index (χ1n) is 5.19. The average molecular weight is 340 g/mol. The van der Waals surface area contributed by atoms with Crippen LogP contribution in [0, 0.1) is 11.6 Å². The average Bonchev–Trinajstić information content (AvgIpc) is 2.35. The van der Waals surface area contributed by atoms with Crippen molar-refractivity contribution in [2.75, 3.05) is 17.3 Å². The first kappa shape index (κ1) is 13.6. The van der Waals surface area contributed by atoms with Crippen LogP contribution in [0.1, 0.15) is 11.6 Å². The molecule has 0 bridgehead atoms. The monoisotopic (exact) mass is 339 g/mol. The molecule has 17 heavy (non-hydrogen) atoms. The molecule has 2 unspecified atom stereocenters. The van der Waals surface area contributed by atoms with Crippen LogP contribution < -0.4 is 5.73 Å². The molecule has 94 valence electrons. The number of nitrogens with two attached hydrogens (primary N) is 1. The molecule has 0 spiro atoms. The Balaban J connectivity index is 2.29. The fourth-order valence-electron chi connectivity index (χ4n) is 1.75. The minimum absolute atomic E-state index is 0.000579. The summed E-state index contributed by atoms with van der Waals surface area (Å²) in [7, 11) is 0. The number of rotatable bonds is 2. The molecule has 0 aliphatic carbocycles. The van der Waals surface area contributed by atoms with E-state index in [0.717, 1.165) is 17.3 Å². The van der Waals surface area contributed by atoms with Gasteiger partial charge in [-0.05, 0) is 28.1 Å². The molecule has 2 atom stereocenters. The van der Waals surface area contributed by atoms with Crippen LogP contribution in [0.4, 0.5) is 8.78 Å². The second-order valence-corrected chi connectivity index (χ2v) is 7.12. The summed E-state index contributed by atoms with van der Waals surface area (Å²) < 4.78 is 27.8. The zero-order chi connectivity index (χ0) is 12.4. The normalized spacial score (nSPS) is 22.5. The molecular formula is C11H12BrF2NS2. The van der Waals surface area contributed by atoms with E-state index in [1.54, 1.807) is 23.5 Å². The lowest BCUT2D eigenvalue weighted by molar-refractivity contribution is 0.521. The maximum absolute atomic E-state index is 13.9. The van der Waals surface area contributed by atoms with Crippen LogP contribution in [-0.2, 0) is 0 Å². The van der Waals surface area contributed by atoms with E-state index in [9.17, 15) is 8.78 Å². The van der Waals surface area contributed by atoms with Crippen LogP contribution in [-0.4, -0.2) is 22.5 Å². The summed E-state index contributed by atoms with van der Waals surface area (Å²) in [5.74, 6) is 1.78. The first-order valence-corrected chi connectivity index (χ1v) is 8.19. The highest BCUT2D eigenvalue weighted by Crippen LogP contribution is 2.35. The van der Waals surface area contributed by atoms with Crippen molar-refractivity contribution in [3.05, 3.63) is 33.8 Å². The van der Waals surface area contributed by atoms with Gasteiger partial charge in [0.1, 0.15) is 11.6 Å². The quantitative estimate of drug-likeness (QED) is 0.834. The fourth-order valence-corrected chi connectivity index (χ4v) is 4.88. The first-order chi connectivity index (χ1) is 8.11. The summed E-state index contributed by atoms with van der Waals surface area (Å²) in [6.07, 6.45) is 0. The van der Waals surface area contributed by atoms with E-state index < -0.39 is 17.7 Å². The number of halogens is 3. The number of thioether (sulfide) groups is 2. The summed E-state index contributed by atoms with van der Waals surface area (Å²) in [5, 5.41) is 0.0760. The van der Waals surface area contributed by atoms with E-state index in [4.69, 9.17) is 5.73 Å². The number of hydrogen-bond acceptors (Lipinski definition) is 3.